The van der Waals surface area contributed by atoms with E-state index >= 15 is 0 Å². The molecule has 0 atom stereocenters. The third-order valence-corrected chi connectivity index (χ3v) is 0. The molecular weight excluding hydrogens is 253 g/mol. The minimum atomic E-state index is 0. The van der Waals surface area contributed by atoms with Crippen LogP contribution in [-0.2, 0) is 19.5 Å². The summed E-state index contributed by atoms with van der Waals surface area (Å²) in [4.78, 5) is 29.0. The first-order chi connectivity index (χ1) is 4.00. The molecule has 68 valence electrons. The Kier molecular flexibility index (Phi) is 4220. The molecule has 0 aliphatic rings. The maximum atomic E-state index is 7.25. The van der Waals surface area contributed by atoms with E-state index < -0.39 is 0 Å². The standard InChI is InChI=1S/4NO.2H2O.Ru/c4*1-2;;;/h;;;;2*1H2;/q4*-1;;;+4. The average molecular weight is 257 g/mol. The fourth-order valence-corrected chi connectivity index (χ4v) is 0. The maximum Gasteiger partial charge on any atom is 4.00 e. The van der Waals surface area contributed by atoms with E-state index in [0.29, 0.717) is 0 Å². The molecule has 0 rings (SSSR count). The van der Waals surface area contributed by atoms with Gasteiger partial charge in [0.2, 0.25) is 0 Å². The van der Waals surface area contributed by atoms with Crippen LogP contribution in [0, 0.1) is 19.6 Å². The van der Waals surface area contributed by atoms with Crippen LogP contribution in [0.1, 0.15) is 0 Å². The second-order valence-corrected chi connectivity index (χ2v) is 0. The van der Waals surface area contributed by atoms with Gasteiger partial charge in [0.15, 0.2) is 0 Å². The van der Waals surface area contributed by atoms with Crippen molar-refractivity contribution in [2.24, 2.45) is 0 Å². The molecule has 0 fully saturated rings. The average Bonchev–Trinajstić information content (AvgIpc) is 2.03. The molecule has 11 heavy (non-hydrogen) atoms. The van der Waals surface area contributed by atoms with Crippen LogP contribution in [0.25, 0.3) is 22.4 Å². The van der Waals surface area contributed by atoms with Crippen LogP contribution in [0.2, 0.25) is 0 Å². The predicted octanol–water partition coefficient (Wildman–Crippen LogP) is -0.363. The van der Waals surface area contributed by atoms with Gasteiger partial charge in [0, 0.05) is 0 Å². The molecule has 0 aromatic rings. The zero-order valence-corrected chi connectivity index (χ0v) is 6.51. The number of nitroso groups, excluding NO2 is 4. The van der Waals surface area contributed by atoms with E-state index in [1.807, 2.05) is 0 Å². The summed E-state index contributed by atoms with van der Waals surface area (Å²) in [7, 11) is 0. The molecule has 0 aromatic heterocycles. The Hall–Kier alpha value is -1.06. The van der Waals surface area contributed by atoms with Gasteiger partial charge in [0.25, 0.3) is 0 Å². The molecular formula is H4N4O6Ru. The first-order valence-corrected chi connectivity index (χ1v) is 0.730. The van der Waals surface area contributed by atoms with Crippen molar-refractivity contribution in [3.63, 3.8) is 0 Å². The Labute approximate surface area is 73.2 Å². The van der Waals surface area contributed by atoms with E-state index in [2.05, 4.69) is 0 Å². The van der Waals surface area contributed by atoms with Crippen LogP contribution in [0.3, 0.4) is 0 Å². The molecule has 0 aromatic carbocycles. The van der Waals surface area contributed by atoms with Gasteiger partial charge in [0.1, 0.15) is 0 Å². The van der Waals surface area contributed by atoms with Crippen molar-refractivity contribution in [1.82, 2.24) is 0 Å². The van der Waals surface area contributed by atoms with E-state index in [-0.39, 0.29) is 30.4 Å². The van der Waals surface area contributed by atoms with Gasteiger partial charge in [-0.05, 0) is 0 Å². The van der Waals surface area contributed by atoms with Crippen LogP contribution < -0.4 is 0 Å². The third-order valence-electron chi connectivity index (χ3n) is 0. The van der Waals surface area contributed by atoms with Crippen molar-refractivity contribution in [3.8, 4) is 0 Å². The Bertz CT molecular complexity index is 22.5. The fraction of sp³-hybridized carbons (Fsp3) is 0. The van der Waals surface area contributed by atoms with Crippen molar-refractivity contribution in [3.05, 3.63) is 42.0 Å². The first kappa shape index (κ1) is 91.8. The zero-order valence-electron chi connectivity index (χ0n) is 4.78. The van der Waals surface area contributed by atoms with Crippen LogP contribution in [0.15, 0.2) is 0 Å². The molecule has 0 saturated carbocycles. The molecule has 0 unspecified atom stereocenters. The molecule has 0 bridgehead atoms. The minimum Gasteiger partial charge on any atom is -0.577 e. The molecule has 0 saturated heterocycles. The summed E-state index contributed by atoms with van der Waals surface area (Å²) < 4.78 is 0. The van der Waals surface area contributed by atoms with Crippen molar-refractivity contribution >= 4 is 0 Å². The van der Waals surface area contributed by atoms with Crippen molar-refractivity contribution in [1.29, 1.82) is 0 Å². The monoisotopic (exact) mass is 258 g/mol. The Morgan fingerprint density at radius 2 is 0.455 bits per heavy atom. The largest absolute Gasteiger partial charge is 4.00 e. The topological polar surface area (TPSA) is 220 Å². The van der Waals surface area contributed by atoms with Gasteiger partial charge in [-0.1, -0.05) is 0 Å². The second kappa shape index (κ2) is 505. The Morgan fingerprint density at radius 1 is 0.455 bits per heavy atom. The first-order valence-electron chi connectivity index (χ1n) is 0.730. The smallest absolute Gasteiger partial charge is 0.577 e. The summed E-state index contributed by atoms with van der Waals surface area (Å²) >= 11 is 0. The molecule has 0 amide bonds. The summed E-state index contributed by atoms with van der Waals surface area (Å²) in [5.41, 5.74) is 23.0. The van der Waals surface area contributed by atoms with Gasteiger partial charge in [-0.3, -0.25) is 0 Å². The van der Waals surface area contributed by atoms with Gasteiger partial charge in [-0.2, -0.15) is 0 Å². The Morgan fingerprint density at radius 3 is 0.455 bits per heavy atom. The SMILES string of the molecule is O.O.[N-]=O.[N-]=O.[N-]=O.[N-]=O.[Ru+4]. The molecule has 0 aliphatic heterocycles. The van der Waals surface area contributed by atoms with Crippen molar-refractivity contribution in [2.75, 3.05) is 0 Å². The number of rotatable bonds is 0. The van der Waals surface area contributed by atoms with Crippen LogP contribution >= 0.6 is 0 Å². The molecule has 0 aliphatic carbocycles. The van der Waals surface area contributed by atoms with Crippen molar-refractivity contribution < 1.29 is 30.4 Å². The molecule has 11 heteroatoms. The molecule has 4 N–H and O–H groups in total. The summed E-state index contributed by atoms with van der Waals surface area (Å²) in [6, 6.07) is 0. The minimum absolute atomic E-state index is 0. The van der Waals surface area contributed by atoms with E-state index in [1.54, 1.807) is 0 Å². The molecule has 0 radical (unpaired) electrons. The van der Waals surface area contributed by atoms with E-state index in [4.69, 9.17) is 42.0 Å². The predicted molar refractivity (Wildman–Crippen MR) is 34.1 cm³/mol. The van der Waals surface area contributed by atoms with E-state index in [0.717, 1.165) is 0 Å². The van der Waals surface area contributed by atoms with Crippen LogP contribution in [0.5, 0.6) is 0 Å². The third kappa shape index (κ3) is 386. The maximum absolute atomic E-state index is 7.25. The van der Waals surface area contributed by atoms with Gasteiger partial charge in [-0.15, -0.1) is 0 Å². The van der Waals surface area contributed by atoms with Gasteiger partial charge in [-0.25, -0.2) is 0 Å². The fourth-order valence-electron chi connectivity index (χ4n) is 0. The number of hydrogen-bond acceptors (Lipinski definition) is 4. The van der Waals surface area contributed by atoms with Gasteiger partial charge < -0.3 is 53.0 Å². The molecule has 0 spiro atoms. The van der Waals surface area contributed by atoms with Crippen LogP contribution in [0.4, 0.5) is 0 Å². The van der Waals surface area contributed by atoms with Gasteiger partial charge >= 0.3 is 19.5 Å². The van der Waals surface area contributed by atoms with E-state index in [1.165, 1.54) is 0 Å². The number of hydrogen-bond donors (Lipinski definition) is 0. The van der Waals surface area contributed by atoms with Crippen LogP contribution in [-0.4, -0.2) is 11.0 Å². The summed E-state index contributed by atoms with van der Waals surface area (Å²) in [6.45, 7) is 0. The quantitative estimate of drug-likeness (QED) is 0.529. The molecule has 10 nitrogen and oxygen atoms in total. The zero-order chi connectivity index (χ0) is 8.00. The van der Waals surface area contributed by atoms with Gasteiger partial charge in [0.05, 0.1) is 0 Å². The normalized spacial score (nSPS) is 1.45. The van der Waals surface area contributed by atoms with Crippen molar-refractivity contribution in [2.45, 2.75) is 0 Å². The Balaban J connectivity index is -0.00000000356. The molecule has 0 heterocycles. The number of nitrogens with zero attached hydrogens (tertiary/aromatic N) is 4. The summed E-state index contributed by atoms with van der Waals surface area (Å²) in [5, 5.41) is 0. The second-order valence-electron chi connectivity index (χ2n) is 0. The van der Waals surface area contributed by atoms with E-state index in [9.17, 15) is 0 Å². The summed E-state index contributed by atoms with van der Waals surface area (Å²) in [5.74, 6) is 0. The summed E-state index contributed by atoms with van der Waals surface area (Å²) in [6.07, 6.45) is 0.